The number of aliphatic carboxylic acids is 1. The number of benzene rings is 1. The number of rotatable bonds is 2. The number of carbonyl (C=O) groups is 2. The van der Waals surface area contributed by atoms with Gasteiger partial charge in [-0.15, -0.1) is 11.8 Å². The van der Waals surface area contributed by atoms with Crippen molar-refractivity contribution in [3.63, 3.8) is 0 Å². The Morgan fingerprint density at radius 3 is 2.85 bits per heavy atom. The van der Waals surface area contributed by atoms with E-state index in [9.17, 15) is 14.7 Å². The Morgan fingerprint density at radius 1 is 1.25 bits per heavy atom. The Kier molecular flexibility index (Phi) is 3.70. The summed E-state index contributed by atoms with van der Waals surface area (Å²) in [5, 5.41) is 9.23. The van der Waals surface area contributed by atoms with E-state index >= 15 is 0 Å². The fourth-order valence-corrected chi connectivity index (χ4v) is 4.21. The summed E-state index contributed by atoms with van der Waals surface area (Å²) < 4.78 is 0. The first kappa shape index (κ1) is 13.5. The van der Waals surface area contributed by atoms with Crippen LogP contribution >= 0.6 is 11.8 Å². The third-order valence-corrected chi connectivity index (χ3v) is 5.20. The van der Waals surface area contributed by atoms with Gasteiger partial charge in [0, 0.05) is 11.4 Å². The molecule has 1 saturated heterocycles. The second-order valence-electron chi connectivity index (χ2n) is 5.26. The van der Waals surface area contributed by atoms with Crippen LogP contribution in [0.2, 0.25) is 0 Å². The summed E-state index contributed by atoms with van der Waals surface area (Å²) in [6.45, 7) is 0.571. The molecule has 0 saturated carbocycles. The molecule has 2 atom stereocenters. The predicted octanol–water partition coefficient (Wildman–Crippen LogP) is 2.34. The Bertz CT molecular complexity index is 546. The van der Waals surface area contributed by atoms with E-state index in [2.05, 4.69) is 0 Å². The average molecular weight is 291 g/mol. The molecule has 0 aromatic heterocycles. The topological polar surface area (TPSA) is 57.6 Å². The molecule has 0 aliphatic carbocycles. The van der Waals surface area contributed by atoms with E-state index in [1.54, 1.807) is 16.7 Å². The van der Waals surface area contributed by atoms with Crippen LogP contribution in [0.4, 0.5) is 0 Å². The summed E-state index contributed by atoms with van der Waals surface area (Å²) in [7, 11) is 0. The van der Waals surface area contributed by atoms with Gasteiger partial charge in [-0.1, -0.05) is 18.2 Å². The van der Waals surface area contributed by atoms with E-state index in [0.717, 1.165) is 29.1 Å². The minimum Gasteiger partial charge on any atom is -0.480 e. The standard InChI is InChI=1S/C15H17NO3S/c17-14(16-8-3-5-12(16)15(18)19)11-7-9-20-13-6-2-1-4-10(11)13/h1-2,4,6,11-12H,3,5,7-9H2,(H,18,19). The number of hydrogen-bond acceptors (Lipinski definition) is 3. The zero-order valence-electron chi connectivity index (χ0n) is 11.1. The third-order valence-electron chi connectivity index (χ3n) is 4.08. The molecule has 4 nitrogen and oxygen atoms in total. The lowest BCUT2D eigenvalue weighted by Crippen LogP contribution is -2.43. The first-order valence-electron chi connectivity index (χ1n) is 6.93. The van der Waals surface area contributed by atoms with Gasteiger partial charge in [-0.2, -0.15) is 0 Å². The zero-order chi connectivity index (χ0) is 14.1. The summed E-state index contributed by atoms with van der Waals surface area (Å²) in [5.41, 5.74) is 1.06. The van der Waals surface area contributed by atoms with Crippen LogP contribution < -0.4 is 0 Å². The summed E-state index contributed by atoms with van der Waals surface area (Å²) in [5.74, 6) is -0.150. The van der Waals surface area contributed by atoms with Gasteiger partial charge in [0.15, 0.2) is 0 Å². The largest absolute Gasteiger partial charge is 0.480 e. The van der Waals surface area contributed by atoms with Crippen molar-refractivity contribution in [2.75, 3.05) is 12.3 Å². The Hall–Kier alpha value is -1.49. The molecule has 3 rings (SSSR count). The van der Waals surface area contributed by atoms with E-state index < -0.39 is 12.0 Å². The molecule has 20 heavy (non-hydrogen) atoms. The Morgan fingerprint density at radius 2 is 2.05 bits per heavy atom. The van der Waals surface area contributed by atoms with Crippen LogP contribution in [0.5, 0.6) is 0 Å². The van der Waals surface area contributed by atoms with Crippen LogP contribution in [0.25, 0.3) is 0 Å². The molecule has 2 aliphatic heterocycles. The van der Waals surface area contributed by atoms with Gasteiger partial charge in [0.05, 0.1) is 5.92 Å². The van der Waals surface area contributed by atoms with E-state index in [1.165, 1.54) is 0 Å². The first-order chi connectivity index (χ1) is 9.68. The molecule has 1 amide bonds. The van der Waals surface area contributed by atoms with Gasteiger partial charge in [-0.3, -0.25) is 4.79 Å². The smallest absolute Gasteiger partial charge is 0.326 e. The fourth-order valence-electron chi connectivity index (χ4n) is 3.09. The van der Waals surface area contributed by atoms with Crippen molar-refractivity contribution in [1.82, 2.24) is 4.90 Å². The molecule has 106 valence electrons. The molecule has 2 heterocycles. The van der Waals surface area contributed by atoms with Crippen LogP contribution in [0, 0.1) is 0 Å². The fraction of sp³-hybridized carbons (Fsp3) is 0.467. The second-order valence-corrected chi connectivity index (χ2v) is 6.39. The van der Waals surface area contributed by atoms with Crippen molar-refractivity contribution >= 4 is 23.6 Å². The number of fused-ring (bicyclic) bond motifs is 1. The van der Waals surface area contributed by atoms with Crippen molar-refractivity contribution in [2.45, 2.75) is 36.1 Å². The zero-order valence-corrected chi connectivity index (χ0v) is 11.9. The monoisotopic (exact) mass is 291 g/mol. The lowest BCUT2D eigenvalue weighted by molar-refractivity contribution is -0.148. The van der Waals surface area contributed by atoms with Crippen molar-refractivity contribution in [1.29, 1.82) is 0 Å². The number of carbonyl (C=O) groups excluding carboxylic acids is 1. The van der Waals surface area contributed by atoms with E-state index in [1.807, 2.05) is 24.3 Å². The summed E-state index contributed by atoms with van der Waals surface area (Å²) in [4.78, 5) is 26.7. The SMILES string of the molecule is O=C(O)C1CCCN1C(=O)C1CCSc2ccccc21. The molecule has 0 radical (unpaired) electrons. The molecule has 2 aliphatic rings. The molecule has 5 heteroatoms. The van der Waals surface area contributed by atoms with E-state index in [0.29, 0.717) is 13.0 Å². The Balaban J connectivity index is 1.87. The minimum atomic E-state index is -0.880. The molecule has 0 spiro atoms. The highest BCUT2D eigenvalue weighted by Gasteiger charge is 2.38. The van der Waals surface area contributed by atoms with Gasteiger partial charge in [0.2, 0.25) is 5.91 Å². The maximum Gasteiger partial charge on any atom is 0.326 e. The second kappa shape index (κ2) is 5.48. The number of nitrogens with zero attached hydrogens (tertiary/aromatic N) is 1. The third kappa shape index (κ3) is 2.30. The van der Waals surface area contributed by atoms with Gasteiger partial charge >= 0.3 is 5.97 Å². The maximum absolute atomic E-state index is 12.7. The minimum absolute atomic E-state index is 0.0114. The van der Waals surface area contributed by atoms with Crippen LogP contribution in [0.15, 0.2) is 29.2 Å². The van der Waals surface area contributed by atoms with Gasteiger partial charge in [-0.05, 0) is 36.6 Å². The van der Waals surface area contributed by atoms with Crippen LogP contribution in [0.3, 0.4) is 0 Å². The number of thioether (sulfide) groups is 1. The molecular formula is C15H17NO3S. The molecule has 1 aromatic rings. The lowest BCUT2D eigenvalue weighted by atomic mass is 9.94. The number of hydrogen-bond donors (Lipinski definition) is 1. The highest BCUT2D eigenvalue weighted by Crippen LogP contribution is 2.39. The molecule has 2 unspecified atom stereocenters. The highest BCUT2D eigenvalue weighted by molar-refractivity contribution is 7.99. The Labute approximate surface area is 122 Å². The first-order valence-corrected chi connectivity index (χ1v) is 7.92. The highest BCUT2D eigenvalue weighted by atomic mass is 32.2. The van der Waals surface area contributed by atoms with Crippen molar-refractivity contribution in [3.05, 3.63) is 29.8 Å². The maximum atomic E-state index is 12.7. The predicted molar refractivity (Wildman–Crippen MR) is 76.9 cm³/mol. The summed E-state index contributed by atoms with van der Waals surface area (Å²) in [6.07, 6.45) is 2.15. The molecule has 1 fully saturated rings. The normalized spacial score (nSPS) is 25.3. The van der Waals surface area contributed by atoms with Crippen LogP contribution in [-0.2, 0) is 9.59 Å². The van der Waals surface area contributed by atoms with E-state index in [4.69, 9.17) is 0 Å². The summed E-state index contributed by atoms with van der Waals surface area (Å²) in [6, 6.07) is 7.33. The van der Waals surface area contributed by atoms with Gasteiger partial charge < -0.3 is 10.0 Å². The molecule has 1 N–H and O–H groups in total. The number of likely N-dealkylation sites (tertiary alicyclic amines) is 1. The molecular weight excluding hydrogens is 274 g/mol. The number of carboxylic acids is 1. The van der Waals surface area contributed by atoms with Gasteiger partial charge in [-0.25, -0.2) is 4.79 Å². The quantitative estimate of drug-likeness (QED) is 0.908. The average Bonchev–Trinajstić information content (AvgIpc) is 2.95. The van der Waals surface area contributed by atoms with Crippen molar-refractivity contribution in [2.24, 2.45) is 0 Å². The number of amides is 1. The van der Waals surface area contributed by atoms with Gasteiger partial charge in [0.1, 0.15) is 6.04 Å². The molecule has 1 aromatic carbocycles. The van der Waals surface area contributed by atoms with Crippen LogP contribution in [0.1, 0.15) is 30.7 Å². The van der Waals surface area contributed by atoms with Crippen LogP contribution in [-0.4, -0.2) is 40.2 Å². The lowest BCUT2D eigenvalue weighted by Gasteiger charge is -2.30. The van der Waals surface area contributed by atoms with Gasteiger partial charge in [0.25, 0.3) is 0 Å². The van der Waals surface area contributed by atoms with Crippen molar-refractivity contribution in [3.8, 4) is 0 Å². The van der Waals surface area contributed by atoms with E-state index in [-0.39, 0.29) is 11.8 Å². The summed E-state index contributed by atoms with van der Waals surface area (Å²) >= 11 is 1.77. The molecule has 0 bridgehead atoms. The van der Waals surface area contributed by atoms with Crippen molar-refractivity contribution < 1.29 is 14.7 Å². The number of carboxylic acid groups (broad SMARTS) is 1.